The molecule has 1 saturated carbocycles. The molecule has 3 nitrogen and oxygen atoms in total. The van der Waals surface area contributed by atoms with Crippen molar-refractivity contribution in [1.82, 2.24) is 9.55 Å². The van der Waals surface area contributed by atoms with Crippen LogP contribution in [0.5, 0.6) is 0 Å². The van der Waals surface area contributed by atoms with Gasteiger partial charge in [0.2, 0.25) is 0 Å². The molecule has 1 fully saturated rings. The normalized spacial score (nSPS) is 26.5. The van der Waals surface area contributed by atoms with E-state index in [4.69, 9.17) is 0 Å². The summed E-state index contributed by atoms with van der Waals surface area (Å²) in [6.45, 7) is 2.27. The standard InChI is InChI=1S/C12H18N2O/c1-2-10-3-5-12(6-4-10)14-7-11(8-15)13-9-14/h7-10,12H,2-6H2,1H3/t10-,12-. The van der Waals surface area contributed by atoms with Gasteiger partial charge in [0.1, 0.15) is 5.69 Å². The first-order chi connectivity index (χ1) is 7.33. The van der Waals surface area contributed by atoms with Gasteiger partial charge in [0.05, 0.1) is 6.33 Å². The first-order valence-corrected chi connectivity index (χ1v) is 5.82. The van der Waals surface area contributed by atoms with E-state index >= 15 is 0 Å². The van der Waals surface area contributed by atoms with E-state index in [1.54, 1.807) is 6.33 Å². The van der Waals surface area contributed by atoms with E-state index in [0.29, 0.717) is 11.7 Å². The zero-order valence-electron chi connectivity index (χ0n) is 9.22. The molecule has 0 radical (unpaired) electrons. The molecule has 0 atom stereocenters. The van der Waals surface area contributed by atoms with E-state index in [-0.39, 0.29) is 0 Å². The second-order valence-corrected chi connectivity index (χ2v) is 4.45. The highest BCUT2D eigenvalue weighted by Crippen LogP contribution is 2.33. The van der Waals surface area contributed by atoms with Crippen LogP contribution < -0.4 is 0 Å². The number of carbonyl (C=O) groups is 1. The lowest BCUT2D eigenvalue weighted by Gasteiger charge is -2.28. The number of aldehydes is 1. The third kappa shape index (κ3) is 2.28. The van der Waals surface area contributed by atoms with Crippen molar-refractivity contribution in [2.75, 3.05) is 0 Å². The van der Waals surface area contributed by atoms with Crippen LogP contribution in [0, 0.1) is 5.92 Å². The van der Waals surface area contributed by atoms with E-state index in [2.05, 4.69) is 16.5 Å². The van der Waals surface area contributed by atoms with Crippen molar-refractivity contribution < 1.29 is 4.79 Å². The summed E-state index contributed by atoms with van der Waals surface area (Å²) >= 11 is 0. The van der Waals surface area contributed by atoms with E-state index in [1.165, 1.54) is 32.1 Å². The minimum absolute atomic E-state index is 0.549. The molecule has 1 aromatic heterocycles. The van der Waals surface area contributed by atoms with Gasteiger partial charge in [-0.2, -0.15) is 0 Å². The quantitative estimate of drug-likeness (QED) is 0.713. The predicted molar refractivity (Wildman–Crippen MR) is 58.9 cm³/mol. The van der Waals surface area contributed by atoms with Gasteiger partial charge in [-0.05, 0) is 31.6 Å². The lowest BCUT2D eigenvalue weighted by Crippen LogP contribution is -2.16. The zero-order chi connectivity index (χ0) is 10.7. The van der Waals surface area contributed by atoms with E-state index < -0.39 is 0 Å². The maximum Gasteiger partial charge on any atom is 0.169 e. The number of imidazole rings is 1. The first-order valence-electron chi connectivity index (χ1n) is 5.82. The number of rotatable bonds is 3. The summed E-state index contributed by atoms with van der Waals surface area (Å²) in [6.07, 6.45) is 10.9. The van der Waals surface area contributed by atoms with Gasteiger partial charge in [0.15, 0.2) is 6.29 Å². The molecule has 15 heavy (non-hydrogen) atoms. The zero-order valence-corrected chi connectivity index (χ0v) is 9.22. The molecule has 1 heterocycles. The van der Waals surface area contributed by atoms with E-state index in [0.717, 1.165) is 12.2 Å². The summed E-state index contributed by atoms with van der Waals surface area (Å²) < 4.78 is 2.11. The number of hydrogen-bond acceptors (Lipinski definition) is 2. The van der Waals surface area contributed by atoms with Gasteiger partial charge < -0.3 is 4.57 Å². The SMILES string of the molecule is CC[C@H]1CC[C@H](n2cnc(C=O)c2)CC1. The number of nitrogens with zero attached hydrogens (tertiary/aromatic N) is 2. The van der Waals surface area contributed by atoms with Crippen LogP contribution in [0.3, 0.4) is 0 Å². The molecule has 0 saturated heterocycles. The summed E-state index contributed by atoms with van der Waals surface area (Å²) in [5.41, 5.74) is 0.549. The summed E-state index contributed by atoms with van der Waals surface area (Å²) in [6, 6.07) is 0.564. The molecule has 0 amide bonds. The van der Waals surface area contributed by atoms with Crippen molar-refractivity contribution in [2.45, 2.75) is 45.1 Å². The molecule has 1 aromatic rings. The molecule has 2 rings (SSSR count). The van der Waals surface area contributed by atoms with Crippen molar-refractivity contribution in [2.24, 2.45) is 5.92 Å². The van der Waals surface area contributed by atoms with Gasteiger partial charge in [-0.1, -0.05) is 13.3 Å². The van der Waals surface area contributed by atoms with Gasteiger partial charge in [0, 0.05) is 12.2 Å². The van der Waals surface area contributed by atoms with Crippen molar-refractivity contribution >= 4 is 6.29 Å². The lowest BCUT2D eigenvalue weighted by molar-refractivity contribution is 0.111. The molecule has 82 valence electrons. The van der Waals surface area contributed by atoms with Crippen molar-refractivity contribution in [3.05, 3.63) is 18.2 Å². The van der Waals surface area contributed by atoms with Gasteiger partial charge in [-0.25, -0.2) is 4.98 Å². The van der Waals surface area contributed by atoms with Crippen LogP contribution in [0.2, 0.25) is 0 Å². The van der Waals surface area contributed by atoms with Crippen LogP contribution in [0.25, 0.3) is 0 Å². The smallest absolute Gasteiger partial charge is 0.169 e. The van der Waals surface area contributed by atoms with Crippen LogP contribution in [0.4, 0.5) is 0 Å². The molecule has 0 spiro atoms. The fourth-order valence-corrected chi connectivity index (χ4v) is 2.46. The molecule has 0 aromatic carbocycles. The minimum Gasteiger partial charge on any atom is -0.334 e. The first kappa shape index (κ1) is 10.4. The highest BCUT2D eigenvalue weighted by atomic mass is 16.1. The highest BCUT2D eigenvalue weighted by Gasteiger charge is 2.20. The summed E-state index contributed by atoms with van der Waals surface area (Å²) in [7, 11) is 0. The number of carbonyl (C=O) groups excluding carboxylic acids is 1. The van der Waals surface area contributed by atoms with Crippen LogP contribution in [-0.4, -0.2) is 15.8 Å². The highest BCUT2D eigenvalue weighted by molar-refractivity contribution is 5.70. The average molecular weight is 206 g/mol. The topological polar surface area (TPSA) is 34.9 Å². The van der Waals surface area contributed by atoms with Crippen LogP contribution in [-0.2, 0) is 0 Å². The maximum atomic E-state index is 10.5. The Bertz CT molecular complexity index is 324. The van der Waals surface area contributed by atoms with Crippen LogP contribution in [0.15, 0.2) is 12.5 Å². The van der Waals surface area contributed by atoms with E-state index in [9.17, 15) is 4.79 Å². The fraction of sp³-hybridized carbons (Fsp3) is 0.667. The molecule has 0 bridgehead atoms. The Morgan fingerprint density at radius 1 is 1.47 bits per heavy atom. The number of aromatic nitrogens is 2. The number of hydrogen-bond donors (Lipinski definition) is 0. The Morgan fingerprint density at radius 3 is 2.73 bits per heavy atom. The third-order valence-corrected chi connectivity index (χ3v) is 3.56. The molecule has 0 N–H and O–H groups in total. The van der Waals surface area contributed by atoms with Crippen molar-refractivity contribution in [3.8, 4) is 0 Å². The molecule has 1 aliphatic rings. The summed E-state index contributed by atoms with van der Waals surface area (Å²) in [4.78, 5) is 14.6. The van der Waals surface area contributed by atoms with Crippen LogP contribution >= 0.6 is 0 Å². The molecular weight excluding hydrogens is 188 g/mol. The van der Waals surface area contributed by atoms with Gasteiger partial charge in [-0.15, -0.1) is 0 Å². The molecular formula is C12H18N2O. The second kappa shape index (κ2) is 4.60. The molecule has 0 unspecified atom stereocenters. The monoisotopic (exact) mass is 206 g/mol. The van der Waals surface area contributed by atoms with Crippen LogP contribution in [0.1, 0.15) is 55.6 Å². The predicted octanol–water partition coefficient (Wildman–Crippen LogP) is 2.84. The Morgan fingerprint density at radius 2 is 2.20 bits per heavy atom. The van der Waals surface area contributed by atoms with Crippen molar-refractivity contribution in [3.63, 3.8) is 0 Å². The Kier molecular flexibility index (Phi) is 3.19. The lowest BCUT2D eigenvalue weighted by atomic mass is 9.84. The van der Waals surface area contributed by atoms with Crippen molar-refractivity contribution in [1.29, 1.82) is 0 Å². The molecule has 0 aliphatic heterocycles. The Hall–Kier alpha value is -1.12. The summed E-state index contributed by atoms with van der Waals surface area (Å²) in [5.74, 6) is 0.912. The van der Waals surface area contributed by atoms with E-state index in [1.807, 2.05) is 6.20 Å². The van der Waals surface area contributed by atoms with Gasteiger partial charge >= 0.3 is 0 Å². The average Bonchev–Trinajstić information content (AvgIpc) is 2.78. The fourth-order valence-electron chi connectivity index (χ4n) is 2.46. The largest absolute Gasteiger partial charge is 0.334 e. The Labute approximate surface area is 90.5 Å². The second-order valence-electron chi connectivity index (χ2n) is 4.45. The minimum atomic E-state index is 0.549. The summed E-state index contributed by atoms with van der Waals surface area (Å²) in [5, 5.41) is 0. The molecule has 1 aliphatic carbocycles. The van der Waals surface area contributed by atoms with Gasteiger partial charge in [-0.3, -0.25) is 4.79 Å². The Balaban J connectivity index is 1.97. The molecule has 3 heteroatoms. The maximum absolute atomic E-state index is 10.5. The third-order valence-electron chi connectivity index (χ3n) is 3.56. The van der Waals surface area contributed by atoms with Gasteiger partial charge in [0.25, 0.3) is 0 Å².